The number of carbonyl (C=O) groups excluding carboxylic acids is 2. The van der Waals surface area contributed by atoms with Gasteiger partial charge in [-0.05, 0) is 93.1 Å². The number of likely N-dealkylation sites (tertiary alicyclic amines) is 1. The fourth-order valence-corrected chi connectivity index (χ4v) is 4.32. The van der Waals surface area contributed by atoms with E-state index in [2.05, 4.69) is 5.32 Å². The minimum atomic E-state index is -0.685. The molecule has 2 aliphatic heterocycles. The molecule has 2 fully saturated rings. The molecule has 1 aromatic rings. The Kier molecular flexibility index (Phi) is 7.52. The van der Waals surface area contributed by atoms with Crippen LogP contribution >= 0.6 is 0 Å². The van der Waals surface area contributed by atoms with Crippen LogP contribution in [-0.4, -0.2) is 59.7 Å². The van der Waals surface area contributed by atoms with Crippen molar-refractivity contribution in [3.05, 3.63) is 29.8 Å². The van der Waals surface area contributed by atoms with Crippen molar-refractivity contribution in [2.75, 3.05) is 13.1 Å². The number of amides is 2. The molecule has 0 unspecified atom stereocenters. The lowest BCUT2D eigenvalue weighted by molar-refractivity contribution is 0.00578. The Hall–Kier alpha value is -2.26. The van der Waals surface area contributed by atoms with Gasteiger partial charge in [0.25, 0.3) is 0 Å². The van der Waals surface area contributed by atoms with Crippen LogP contribution in [0.5, 0.6) is 0 Å². The summed E-state index contributed by atoms with van der Waals surface area (Å²) < 4.78 is 23.5. The molecule has 200 valence electrons. The zero-order valence-electron chi connectivity index (χ0n) is 23.6. The smallest absolute Gasteiger partial charge is 0.444 e. The van der Waals surface area contributed by atoms with Crippen molar-refractivity contribution in [2.24, 2.45) is 0 Å². The van der Waals surface area contributed by atoms with Crippen molar-refractivity contribution in [3.8, 4) is 0 Å². The van der Waals surface area contributed by atoms with Gasteiger partial charge < -0.3 is 29.0 Å². The molecule has 0 saturated carbocycles. The van der Waals surface area contributed by atoms with Gasteiger partial charge in [0.1, 0.15) is 11.2 Å². The topological polar surface area (TPSA) is 86.3 Å². The summed E-state index contributed by atoms with van der Waals surface area (Å²) in [4.78, 5) is 27.2. The fourth-order valence-electron chi connectivity index (χ4n) is 4.32. The van der Waals surface area contributed by atoms with E-state index in [0.29, 0.717) is 25.9 Å². The Morgan fingerprint density at radius 3 is 1.78 bits per heavy atom. The van der Waals surface area contributed by atoms with Crippen molar-refractivity contribution in [1.82, 2.24) is 10.2 Å². The Bertz CT molecular complexity index is 938. The van der Waals surface area contributed by atoms with E-state index in [4.69, 9.17) is 18.8 Å². The molecule has 8 nitrogen and oxygen atoms in total. The van der Waals surface area contributed by atoms with Crippen molar-refractivity contribution < 1.29 is 28.4 Å². The third-order valence-corrected chi connectivity index (χ3v) is 7.00. The average molecular weight is 502 g/mol. The third-order valence-electron chi connectivity index (χ3n) is 7.00. The van der Waals surface area contributed by atoms with E-state index < -0.39 is 41.2 Å². The molecule has 0 bridgehead atoms. The number of hydrogen-bond acceptors (Lipinski definition) is 6. The number of piperidine rings is 1. The van der Waals surface area contributed by atoms with E-state index in [1.807, 2.05) is 93.5 Å². The zero-order valence-corrected chi connectivity index (χ0v) is 23.6. The van der Waals surface area contributed by atoms with E-state index in [9.17, 15) is 9.59 Å². The van der Waals surface area contributed by atoms with Gasteiger partial charge in [0, 0.05) is 13.1 Å². The van der Waals surface area contributed by atoms with Crippen LogP contribution in [0.3, 0.4) is 0 Å². The van der Waals surface area contributed by atoms with Crippen LogP contribution in [0.25, 0.3) is 0 Å². The average Bonchev–Trinajstić information content (AvgIpc) is 2.93. The normalized spacial score (nSPS) is 21.2. The van der Waals surface area contributed by atoms with Crippen LogP contribution in [0.2, 0.25) is 0 Å². The maximum absolute atomic E-state index is 12.8. The third kappa shape index (κ3) is 6.54. The minimum absolute atomic E-state index is 0.343. The number of nitrogens with zero attached hydrogens (tertiary/aromatic N) is 1. The first-order valence-electron chi connectivity index (χ1n) is 12.8. The minimum Gasteiger partial charge on any atom is -0.444 e. The first-order valence-corrected chi connectivity index (χ1v) is 12.8. The maximum atomic E-state index is 12.8. The first kappa shape index (κ1) is 28.3. The van der Waals surface area contributed by atoms with Gasteiger partial charge in [-0.3, -0.25) is 0 Å². The highest BCUT2D eigenvalue weighted by atomic mass is 16.7. The zero-order chi connectivity index (χ0) is 27.2. The van der Waals surface area contributed by atoms with Gasteiger partial charge in [-0.15, -0.1) is 0 Å². The monoisotopic (exact) mass is 502 g/mol. The molecule has 2 heterocycles. The molecule has 9 heteroatoms. The fraction of sp³-hybridized carbons (Fsp3) is 0.704. The van der Waals surface area contributed by atoms with E-state index in [0.717, 1.165) is 11.0 Å². The molecule has 0 atom stereocenters. The summed E-state index contributed by atoms with van der Waals surface area (Å²) >= 11 is 0. The highest BCUT2D eigenvalue weighted by Crippen LogP contribution is 2.37. The van der Waals surface area contributed by atoms with Gasteiger partial charge in [0.2, 0.25) is 0 Å². The number of hydrogen-bond donors (Lipinski definition) is 1. The molecule has 1 aromatic carbocycles. The lowest BCUT2D eigenvalue weighted by Crippen LogP contribution is -2.55. The summed E-state index contributed by atoms with van der Waals surface area (Å²) in [6, 6.07) is 7.97. The van der Waals surface area contributed by atoms with E-state index in [1.165, 1.54) is 0 Å². The van der Waals surface area contributed by atoms with Gasteiger partial charge in [-0.25, -0.2) is 9.59 Å². The Balaban J connectivity index is 1.82. The number of benzene rings is 1. The van der Waals surface area contributed by atoms with Crippen molar-refractivity contribution >= 4 is 24.8 Å². The number of alkyl carbamates (subject to hydrolysis) is 1. The van der Waals surface area contributed by atoms with Crippen LogP contribution in [0.1, 0.15) is 87.6 Å². The first-order chi connectivity index (χ1) is 16.3. The molecule has 0 aliphatic carbocycles. The summed E-state index contributed by atoms with van der Waals surface area (Å²) in [5, 5.41) is 3.13. The molecule has 1 N–H and O–H groups in total. The summed E-state index contributed by atoms with van der Waals surface area (Å²) in [5.74, 6) is 0. The molecular formula is C27H43BN2O6. The van der Waals surface area contributed by atoms with E-state index in [1.54, 1.807) is 4.90 Å². The second-order valence-corrected chi connectivity index (χ2v) is 12.9. The SMILES string of the molecule is CC(C)(C)OC(=O)NC1(c2ccc(B3OC(C)(C)C(C)(C)O3)cc2)CCN(C(=O)OC(C)(C)C)CC1. The van der Waals surface area contributed by atoms with Crippen LogP contribution in [0, 0.1) is 0 Å². The molecule has 2 aliphatic rings. The van der Waals surface area contributed by atoms with Crippen LogP contribution < -0.4 is 10.8 Å². The summed E-state index contributed by atoms with van der Waals surface area (Å²) in [5.41, 5.74) is -0.870. The van der Waals surface area contributed by atoms with Crippen LogP contribution in [0.4, 0.5) is 9.59 Å². The number of rotatable bonds is 3. The molecule has 0 radical (unpaired) electrons. The highest BCUT2D eigenvalue weighted by Gasteiger charge is 2.52. The van der Waals surface area contributed by atoms with E-state index in [-0.39, 0.29) is 6.09 Å². The lowest BCUT2D eigenvalue weighted by Gasteiger charge is -2.43. The second-order valence-electron chi connectivity index (χ2n) is 12.9. The van der Waals surface area contributed by atoms with Crippen molar-refractivity contribution in [3.63, 3.8) is 0 Å². The lowest BCUT2D eigenvalue weighted by atomic mass is 9.75. The van der Waals surface area contributed by atoms with Crippen molar-refractivity contribution in [2.45, 2.75) is 110 Å². The molecule has 0 aromatic heterocycles. The van der Waals surface area contributed by atoms with Crippen LogP contribution in [-0.2, 0) is 24.3 Å². The Morgan fingerprint density at radius 2 is 1.33 bits per heavy atom. The summed E-state index contributed by atoms with van der Waals surface area (Å²) in [7, 11) is -0.465. The molecule has 2 amide bonds. The summed E-state index contributed by atoms with van der Waals surface area (Å²) in [6.45, 7) is 20.1. The van der Waals surface area contributed by atoms with Gasteiger partial charge >= 0.3 is 19.3 Å². The van der Waals surface area contributed by atoms with Crippen LogP contribution in [0.15, 0.2) is 24.3 Å². The Morgan fingerprint density at radius 1 is 0.861 bits per heavy atom. The maximum Gasteiger partial charge on any atom is 0.494 e. The number of ether oxygens (including phenoxy) is 2. The predicted molar refractivity (Wildman–Crippen MR) is 140 cm³/mol. The second kappa shape index (κ2) is 9.56. The molecular weight excluding hydrogens is 459 g/mol. The van der Waals surface area contributed by atoms with E-state index >= 15 is 0 Å². The Labute approximate surface area is 216 Å². The largest absolute Gasteiger partial charge is 0.494 e. The van der Waals surface area contributed by atoms with Crippen molar-refractivity contribution in [1.29, 1.82) is 0 Å². The predicted octanol–water partition coefficient (Wildman–Crippen LogP) is 4.74. The van der Waals surface area contributed by atoms with Gasteiger partial charge in [0.15, 0.2) is 0 Å². The van der Waals surface area contributed by atoms with Gasteiger partial charge in [0.05, 0.1) is 16.7 Å². The number of nitrogens with one attached hydrogen (secondary N) is 1. The molecule has 2 saturated heterocycles. The quantitative estimate of drug-likeness (QED) is 0.602. The van der Waals surface area contributed by atoms with Gasteiger partial charge in [-0.2, -0.15) is 0 Å². The number of carbonyl (C=O) groups is 2. The standard InChI is InChI=1S/C27H43BN2O6/c1-23(2,3)33-21(31)29-27(15-17-30(18-16-27)22(32)34-24(4,5)6)19-11-13-20(14-12-19)28-35-25(7,8)26(9,10)36-28/h11-14H,15-18H2,1-10H3,(H,29,31). The molecule has 3 rings (SSSR count). The highest BCUT2D eigenvalue weighted by molar-refractivity contribution is 6.62. The molecule has 36 heavy (non-hydrogen) atoms. The molecule has 0 spiro atoms. The summed E-state index contributed by atoms with van der Waals surface area (Å²) in [6.07, 6.45) is 0.232. The van der Waals surface area contributed by atoms with Gasteiger partial charge in [-0.1, -0.05) is 24.3 Å².